The minimum Gasteiger partial charge on any atom is -0.394 e. The molecular formula is C15H24N2O2. The standard InChI is InChI=1S/C15H24N2O2/c1-4-12-7-9-13(10-8-12)14(11-18)16-15(19)17(5-2)6-3/h7-10,14,18H,4-6,11H2,1-3H3,(H,16,19). The van der Waals surface area contributed by atoms with Crippen LogP contribution < -0.4 is 5.32 Å². The van der Waals surface area contributed by atoms with Crippen LogP contribution in [0, 0.1) is 0 Å². The van der Waals surface area contributed by atoms with E-state index in [0.717, 1.165) is 12.0 Å². The second kappa shape index (κ2) is 7.79. The van der Waals surface area contributed by atoms with Crippen LogP contribution in [0.3, 0.4) is 0 Å². The summed E-state index contributed by atoms with van der Waals surface area (Å²) in [5.41, 5.74) is 2.18. The minimum atomic E-state index is -0.348. The number of aryl methyl sites for hydroxylation is 1. The first kappa shape index (κ1) is 15.5. The van der Waals surface area contributed by atoms with Crippen LogP contribution in [-0.4, -0.2) is 35.7 Å². The predicted molar refractivity (Wildman–Crippen MR) is 77.1 cm³/mol. The van der Waals surface area contributed by atoms with E-state index in [1.54, 1.807) is 4.90 Å². The number of aliphatic hydroxyl groups excluding tert-OH is 1. The maximum absolute atomic E-state index is 12.0. The molecule has 0 aliphatic heterocycles. The van der Waals surface area contributed by atoms with E-state index >= 15 is 0 Å². The summed E-state index contributed by atoms with van der Waals surface area (Å²) in [4.78, 5) is 13.7. The van der Waals surface area contributed by atoms with Crippen LogP contribution in [-0.2, 0) is 6.42 Å². The van der Waals surface area contributed by atoms with E-state index in [4.69, 9.17) is 0 Å². The second-order valence-electron chi connectivity index (χ2n) is 4.45. The van der Waals surface area contributed by atoms with Gasteiger partial charge in [0, 0.05) is 13.1 Å². The fourth-order valence-electron chi connectivity index (χ4n) is 1.97. The van der Waals surface area contributed by atoms with E-state index in [9.17, 15) is 9.90 Å². The van der Waals surface area contributed by atoms with E-state index in [2.05, 4.69) is 12.2 Å². The highest BCUT2D eigenvalue weighted by atomic mass is 16.3. The molecule has 2 amide bonds. The molecule has 1 aromatic rings. The summed E-state index contributed by atoms with van der Waals surface area (Å²) in [6, 6.07) is 7.50. The van der Waals surface area contributed by atoms with Gasteiger partial charge in [-0.2, -0.15) is 0 Å². The van der Waals surface area contributed by atoms with Gasteiger partial charge in [-0.1, -0.05) is 31.2 Å². The first-order valence-corrected chi connectivity index (χ1v) is 6.91. The third-order valence-corrected chi connectivity index (χ3v) is 3.32. The Morgan fingerprint density at radius 3 is 2.21 bits per heavy atom. The van der Waals surface area contributed by atoms with Gasteiger partial charge in [0.05, 0.1) is 12.6 Å². The van der Waals surface area contributed by atoms with Crippen LogP contribution in [0.1, 0.15) is 37.9 Å². The fourth-order valence-corrected chi connectivity index (χ4v) is 1.97. The zero-order valence-electron chi connectivity index (χ0n) is 12.0. The van der Waals surface area contributed by atoms with Crippen molar-refractivity contribution in [1.82, 2.24) is 10.2 Å². The molecule has 0 bridgehead atoms. The van der Waals surface area contributed by atoms with Crippen molar-refractivity contribution in [2.24, 2.45) is 0 Å². The van der Waals surface area contributed by atoms with Crippen molar-refractivity contribution in [3.8, 4) is 0 Å². The predicted octanol–water partition coefficient (Wildman–Crippen LogP) is 2.33. The van der Waals surface area contributed by atoms with E-state index in [-0.39, 0.29) is 18.7 Å². The van der Waals surface area contributed by atoms with Crippen LogP contribution in [0.5, 0.6) is 0 Å². The van der Waals surface area contributed by atoms with Crippen LogP contribution in [0.15, 0.2) is 24.3 Å². The van der Waals surface area contributed by atoms with Gasteiger partial charge in [-0.15, -0.1) is 0 Å². The normalized spacial score (nSPS) is 12.0. The summed E-state index contributed by atoms with van der Waals surface area (Å²) < 4.78 is 0. The summed E-state index contributed by atoms with van der Waals surface area (Å²) in [6.07, 6.45) is 0.982. The van der Waals surface area contributed by atoms with Gasteiger partial charge in [-0.3, -0.25) is 0 Å². The lowest BCUT2D eigenvalue weighted by Gasteiger charge is -2.24. The van der Waals surface area contributed by atoms with E-state index in [1.165, 1.54) is 5.56 Å². The van der Waals surface area contributed by atoms with Crippen molar-refractivity contribution >= 4 is 6.03 Å². The Morgan fingerprint density at radius 2 is 1.79 bits per heavy atom. The SMILES string of the molecule is CCc1ccc(C(CO)NC(=O)N(CC)CC)cc1. The van der Waals surface area contributed by atoms with E-state index < -0.39 is 0 Å². The number of amides is 2. The molecule has 106 valence electrons. The number of nitrogens with one attached hydrogen (secondary N) is 1. The van der Waals surface area contributed by atoms with Crippen LogP contribution in [0.4, 0.5) is 4.79 Å². The van der Waals surface area contributed by atoms with Crippen LogP contribution >= 0.6 is 0 Å². The number of hydrogen-bond acceptors (Lipinski definition) is 2. The second-order valence-corrected chi connectivity index (χ2v) is 4.45. The number of aliphatic hydroxyl groups is 1. The molecule has 1 unspecified atom stereocenters. The largest absolute Gasteiger partial charge is 0.394 e. The molecule has 1 aromatic carbocycles. The number of hydrogen-bond donors (Lipinski definition) is 2. The van der Waals surface area contributed by atoms with Gasteiger partial charge in [0.15, 0.2) is 0 Å². The summed E-state index contributed by atoms with van der Waals surface area (Å²) in [5.74, 6) is 0. The number of carbonyl (C=O) groups excluding carboxylic acids is 1. The topological polar surface area (TPSA) is 52.6 Å². The Bertz CT molecular complexity index is 386. The highest BCUT2D eigenvalue weighted by Crippen LogP contribution is 2.14. The molecule has 1 rings (SSSR count). The number of nitrogens with zero attached hydrogens (tertiary/aromatic N) is 1. The third kappa shape index (κ3) is 4.24. The average molecular weight is 264 g/mol. The Hall–Kier alpha value is -1.55. The quantitative estimate of drug-likeness (QED) is 0.828. The number of rotatable bonds is 6. The molecule has 0 aliphatic carbocycles. The Morgan fingerprint density at radius 1 is 1.21 bits per heavy atom. The molecule has 0 aromatic heterocycles. The van der Waals surface area contributed by atoms with Crippen LogP contribution in [0.2, 0.25) is 0 Å². The molecule has 0 saturated heterocycles. The Balaban J connectivity index is 2.74. The fraction of sp³-hybridized carbons (Fsp3) is 0.533. The highest BCUT2D eigenvalue weighted by molar-refractivity contribution is 5.74. The molecule has 0 radical (unpaired) electrons. The monoisotopic (exact) mass is 264 g/mol. The Kier molecular flexibility index (Phi) is 6.36. The molecule has 0 aliphatic rings. The van der Waals surface area contributed by atoms with Gasteiger partial charge < -0.3 is 15.3 Å². The van der Waals surface area contributed by atoms with Gasteiger partial charge in [0.25, 0.3) is 0 Å². The molecule has 4 heteroatoms. The van der Waals surface area contributed by atoms with Crippen molar-refractivity contribution in [3.63, 3.8) is 0 Å². The van der Waals surface area contributed by atoms with Gasteiger partial charge in [-0.25, -0.2) is 4.79 Å². The van der Waals surface area contributed by atoms with E-state index in [0.29, 0.717) is 13.1 Å². The minimum absolute atomic E-state index is 0.0987. The van der Waals surface area contributed by atoms with Crippen molar-refractivity contribution in [2.45, 2.75) is 33.2 Å². The molecule has 4 nitrogen and oxygen atoms in total. The van der Waals surface area contributed by atoms with Crippen molar-refractivity contribution in [1.29, 1.82) is 0 Å². The lowest BCUT2D eigenvalue weighted by Crippen LogP contribution is -2.42. The molecule has 19 heavy (non-hydrogen) atoms. The molecule has 0 spiro atoms. The first-order chi connectivity index (χ1) is 9.15. The van der Waals surface area contributed by atoms with Crippen LogP contribution in [0.25, 0.3) is 0 Å². The summed E-state index contributed by atoms with van der Waals surface area (Å²) >= 11 is 0. The summed E-state index contributed by atoms with van der Waals surface area (Å²) in [7, 11) is 0. The maximum Gasteiger partial charge on any atom is 0.317 e. The van der Waals surface area contributed by atoms with Crippen molar-refractivity contribution < 1.29 is 9.90 Å². The van der Waals surface area contributed by atoms with Gasteiger partial charge in [-0.05, 0) is 31.4 Å². The van der Waals surface area contributed by atoms with Crippen molar-refractivity contribution in [2.75, 3.05) is 19.7 Å². The average Bonchev–Trinajstić information content (AvgIpc) is 2.46. The molecule has 2 N–H and O–H groups in total. The van der Waals surface area contributed by atoms with Gasteiger partial charge in [0.1, 0.15) is 0 Å². The number of benzene rings is 1. The summed E-state index contributed by atoms with van der Waals surface area (Å²) in [5, 5.41) is 12.3. The van der Waals surface area contributed by atoms with E-state index in [1.807, 2.05) is 38.1 Å². The molecule has 0 heterocycles. The molecular weight excluding hydrogens is 240 g/mol. The third-order valence-electron chi connectivity index (χ3n) is 3.32. The van der Waals surface area contributed by atoms with Crippen molar-refractivity contribution in [3.05, 3.63) is 35.4 Å². The zero-order chi connectivity index (χ0) is 14.3. The Labute approximate surface area is 115 Å². The highest BCUT2D eigenvalue weighted by Gasteiger charge is 2.16. The lowest BCUT2D eigenvalue weighted by molar-refractivity contribution is 0.186. The molecule has 0 fully saturated rings. The zero-order valence-corrected chi connectivity index (χ0v) is 12.0. The first-order valence-electron chi connectivity index (χ1n) is 6.91. The van der Waals surface area contributed by atoms with Gasteiger partial charge >= 0.3 is 6.03 Å². The number of carbonyl (C=O) groups is 1. The number of urea groups is 1. The summed E-state index contributed by atoms with van der Waals surface area (Å²) in [6.45, 7) is 7.20. The smallest absolute Gasteiger partial charge is 0.317 e. The molecule has 1 atom stereocenters. The van der Waals surface area contributed by atoms with Gasteiger partial charge in [0.2, 0.25) is 0 Å². The maximum atomic E-state index is 12.0. The lowest BCUT2D eigenvalue weighted by atomic mass is 10.0. The molecule has 0 saturated carbocycles.